The fourth-order valence-electron chi connectivity index (χ4n) is 0.343. The summed E-state index contributed by atoms with van der Waals surface area (Å²) in [5, 5.41) is 3.74. The van der Waals surface area contributed by atoms with Crippen LogP contribution < -0.4 is 5.43 Å². The molecule has 10 heavy (non-hydrogen) atoms. The maximum absolute atomic E-state index is 3.82. The van der Waals surface area contributed by atoms with E-state index in [1.165, 1.54) is 6.21 Å². The molecule has 0 bridgehead atoms. The minimum atomic E-state index is 0.637. The fourth-order valence-corrected chi connectivity index (χ4v) is 0.343. The van der Waals surface area contributed by atoms with Crippen LogP contribution >= 0.6 is 0 Å². The number of hydrogen-bond donors (Lipinski definition) is 1. The van der Waals surface area contributed by atoms with E-state index in [4.69, 9.17) is 0 Å². The Balaban J connectivity index is 3.76. The molecule has 0 heterocycles. The second-order valence-corrected chi connectivity index (χ2v) is 1.44. The lowest BCUT2D eigenvalue weighted by molar-refractivity contribution is 1.03. The van der Waals surface area contributed by atoms with Gasteiger partial charge in [0.25, 0.3) is 0 Å². The van der Waals surface area contributed by atoms with Crippen LogP contribution in [-0.2, 0) is 0 Å². The molecule has 0 unspecified atom stereocenters. The first-order valence-electron chi connectivity index (χ1n) is 2.84. The predicted molar refractivity (Wildman–Crippen MR) is 45.4 cm³/mol. The number of aliphatic imine (C=N–C) groups is 1. The molecule has 3 nitrogen and oxygen atoms in total. The smallest absolute Gasteiger partial charge is 0.140 e. The molecule has 0 aromatic heterocycles. The SMILES string of the molecule is C=C/C=N/NC(C=C)=NC. The van der Waals surface area contributed by atoms with Gasteiger partial charge in [0.15, 0.2) is 0 Å². The first-order chi connectivity index (χ1) is 4.85. The van der Waals surface area contributed by atoms with Crippen LogP contribution in [0.1, 0.15) is 0 Å². The molecule has 0 aliphatic heterocycles. The lowest BCUT2D eigenvalue weighted by Crippen LogP contribution is -2.13. The Morgan fingerprint density at radius 2 is 2.20 bits per heavy atom. The Kier molecular flexibility index (Phi) is 4.96. The van der Waals surface area contributed by atoms with Crippen LogP contribution in [-0.4, -0.2) is 19.1 Å². The zero-order valence-electron chi connectivity index (χ0n) is 6.04. The topological polar surface area (TPSA) is 36.8 Å². The highest BCUT2D eigenvalue weighted by Gasteiger charge is 1.81. The Labute approximate surface area is 60.9 Å². The summed E-state index contributed by atoms with van der Waals surface area (Å²) < 4.78 is 0. The van der Waals surface area contributed by atoms with E-state index in [0.29, 0.717) is 5.84 Å². The van der Waals surface area contributed by atoms with E-state index in [0.717, 1.165) is 0 Å². The van der Waals surface area contributed by atoms with Crippen LogP contribution in [0.5, 0.6) is 0 Å². The summed E-state index contributed by atoms with van der Waals surface area (Å²) >= 11 is 0. The molecule has 0 aliphatic carbocycles. The van der Waals surface area contributed by atoms with E-state index in [1.807, 2.05) is 0 Å². The third kappa shape index (κ3) is 3.60. The molecular formula is C7H11N3. The highest BCUT2D eigenvalue weighted by molar-refractivity contribution is 5.92. The largest absolute Gasteiger partial charge is 0.271 e. The molecule has 0 fully saturated rings. The number of hydrogen-bond acceptors (Lipinski definition) is 2. The zero-order chi connectivity index (χ0) is 7.82. The van der Waals surface area contributed by atoms with Crippen molar-refractivity contribution in [3.63, 3.8) is 0 Å². The van der Waals surface area contributed by atoms with Crippen molar-refractivity contribution in [3.8, 4) is 0 Å². The van der Waals surface area contributed by atoms with E-state index >= 15 is 0 Å². The summed E-state index contributed by atoms with van der Waals surface area (Å²) in [7, 11) is 1.66. The lowest BCUT2D eigenvalue weighted by atomic mass is 10.6. The van der Waals surface area contributed by atoms with E-state index < -0.39 is 0 Å². The quantitative estimate of drug-likeness (QED) is 0.351. The monoisotopic (exact) mass is 137 g/mol. The summed E-state index contributed by atoms with van der Waals surface area (Å²) in [5.41, 5.74) is 2.65. The number of rotatable bonds is 3. The van der Waals surface area contributed by atoms with Gasteiger partial charge in [0.1, 0.15) is 5.84 Å². The molecule has 0 spiro atoms. The van der Waals surface area contributed by atoms with Gasteiger partial charge in [0.05, 0.1) is 0 Å². The van der Waals surface area contributed by atoms with Crippen molar-refractivity contribution >= 4 is 12.1 Å². The van der Waals surface area contributed by atoms with Crippen LogP contribution in [0.25, 0.3) is 0 Å². The van der Waals surface area contributed by atoms with Gasteiger partial charge in [-0.05, 0) is 12.2 Å². The van der Waals surface area contributed by atoms with Gasteiger partial charge in [-0.15, -0.1) is 0 Å². The third-order valence-corrected chi connectivity index (χ3v) is 0.793. The van der Waals surface area contributed by atoms with Crippen molar-refractivity contribution in [2.75, 3.05) is 7.05 Å². The molecule has 0 aromatic rings. The number of amidine groups is 1. The average Bonchev–Trinajstić information content (AvgIpc) is 1.99. The third-order valence-electron chi connectivity index (χ3n) is 0.793. The van der Waals surface area contributed by atoms with Gasteiger partial charge in [-0.3, -0.25) is 10.4 Å². The molecule has 0 saturated carbocycles. The van der Waals surface area contributed by atoms with Crippen LogP contribution in [0, 0.1) is 0 Å². The number of allylic oxidation sites excluding steroid dienone is 1. The Morgan fingerprint density at radius 3 is 2.60 bits per heavy atom. The standard InChI is InChI=1S/C7H11N3/c1-4-6-9-10-7(5-2)8-3/h4-6H,1-2H2,3H3,(H,8,10)/b9-6+. The van der Waals surface area contributed by atoms with Crippen LogP contribution in [0.4, 0.5) is 0 Å². The summed E-state index contributed by atoms with van der Waals surface area (Å²) in [4.78, 5) is 3.82. The summed E-state index contributed by atoms with van der Waals surface area (Å²) in [6.45, 7) is 6.97. The Morgan fingerprint density at radius 1 is 1.50 bits per heavy atom. The van der Waals surface area contributed by atoms with Crippen LogP contribution in [0.15, 0.2) is 35.4 Å². The van der Waals surface area contributed by atoms with Gasteiger partial charge in [0, 0.05) is 13.3 Å². The Hall–Kier alpha value is -1.38. The second-order valence-electron chi connectivity index (χ2n) is 1.44. The van der Waals surface area contributed by atoms with Crippen molar-refractivity contribution in [1.29, 1.82) is 0 Å². The van der Waals surface area contributed by atoms with Gasteiger partial charge in [0.2, 0.25) is 0 Å². The van der Waals surface area contributed by atoms with Gasteiger partial charge in [-0.25, -0.2) is 0 Å². The van der Waals surface area contributed by atoms with Crippen molar-refractivity contribution in [2.45, 2.75) is 0 Å². The van der Waals surface area contributed by atoms with Crippen molar-refractivity contribution in [2.24, 2.45) is 10.1 Å². The highest BCUT2D eigenvalue weighted by atomic mass is 15.3. The van der Waals surface area contributed by atoms with Crippen molar-refractivity contribution in [3.05, 3.63) is 25.3 Å². The number of hydrazone groups is 1. The summed E-state index contributed by atoms with van der Waals surface area (Å²) in [5.74, 6) is 0.637. The molecule has 0 aliphatic rings. The van der Waals surface area contributed by atoms with Gasteiger partial charge in [-0.1, -0.05) is 13.2 Å². The second kappa shape index (κ2) is 5.75. The fraction of sp³-hybridized carbons (Fsp3) is 0.143. The molecule has 1 N–H and O–H groups in total. The van der Waals surface area contributed by atoms with Gasteiger partial charge < -0.3 is 0 Å². The minimum Gasteiger partial charge on any atom is -0.271 e. The van der Waals surface area contributed by atoms with E-state index in [1.54, 1.807) is 19.2 Å². The molecule has 3 heteroatoms. The van der Waals surface area contributed by atoms with E-state index in [-0.39, 0.29) is 0 Å². The molecule has 0 atom stereocenters. The first-order valence-corrected chi connectivity index (χ1v) is 2.84. The predicted octanol–water partition coefficient (Wildman–Crippen LogP) is 0.962. The van der Waals surface area contributed by atoms with Gasteiger partial charge in [-0.2, -0.15) is 5.10 Å². The maximum atomic E-state index is 3.82. The van der Waals surface area contributed by atoms with Crippen molar-refractivity contribution < 1.29 is 0 Å². The van der Waals surface area contributed by atoms with Gasteiger partial charge >= 0.3 is 0 Å². The summed E-state index contributed by atoms with van der Waals surface area (Å²) in [6, 6.07) is 0. The van der Waals surface area contributed by atoms with E-state index in [9.17, 15) is 0 Å². The molecule has 0 rings (SSSR count). The average molecular weight is 137 g/mol. The lowest BCUT2D eigenvalue weighted by Gasteiger charge is -1.94. The van der Waals surface area contributed by atoms with Crippen LogP contribution in [0.2, 0.25) is 0 Å². The number of nitrogens with zero attached hydrogens (tertiary/aromatic N) is 2. The van der Waals surface area contributed by atoms with Crippen molar-refractivity contribution in [1.82, 2.24) is 5.43 Å². The van der Waals surface area contributed by atoms with E-state index in [2.05, 4.69) is 28.7 Å². The Bertz CT molecular complexity index is 168. The molecule has 0 amide bonds. The number of nitrogens with one attached hydrogen (secondary N) is 1. The molecular weight excluding hydrogens is 126 g/mol. The first kappa shape index (κ1) is 8.62. The minimum absolute atomic E-state index is 0.637. The molecule has 0 radical (unpaired) electrons. The summed E-state index contributed by atoms with van der Waals surface area (Å²) in [6.07, 6.45) is 4.69. The maximum Gasteiger partial charge on any atom is 0.140 e. The molecule has 0 saturated heterocycles. The highest BCUT2D eigenvalue weighted by Crippen LogP contribution is 1.71. The molecule has 0 aromatic carbocycles. The van der Waals surface area contributed by atoms with Crippen LogP contribution in [0.3, 0.4) is 0 Å². The normalized spacial score (nSPS) is 11.5. The molecule has 54 valence electrons. The zero-order valence-corrected chi connectivity index (χ0v) is 6.04.